The third-order valence-corrected chi connectivity index (χ3v) is 6.94. The number of nitrogens with zero attached hydrogens (tertiary/aromatic N) is 1. The van der Waals surface area contributed by atoms with Gasteiger partial charge in [0.15, 0.2) is 0 Å². The summed E-state index contributed by atoms with van der Waals surface area (Å²) in [6, 6.07) is 24.1. The molecule has 0 spiro atoms. The molecule has 0 aliphatic rings. The first-order chi connectivity index (χ1) is 15.4. The smallest absolute Gasteiger partial charge is 0.325 e. The summed E-state index contributed by atoms with van der Waals surface area (Å²) in [6.45, 7) is 5.64. The number of rotatable bonds is 10. The molecule has 6 heteroatoms. The first-order valence-electron chi connectivity index (χ1n) is 10.4. The van der Waals surface area contributed by atoms with Crippen molar-refractivity contribution in [3.05, 3.63) is 114 Å². The van der Waals surface area contributed by atoms with Crippen molar-refractivity contribution in [3.8, 4) is 0 Å². The van der Waals surface area contributed by atoms with Gasteiger partial charge in [-0.15, -0.1) is 6.58 Å². The molecule has 0 N–H and O–H groups in total. The quantitative estimate of drug-likeness (QED) is 0.337. The summed E-state index contributed by atoms with van der Waals surface area (Å²) >= 11 is 0. The first-order valence-corrected chi connectivity index (χ1v) is 11.8. The fourth-order valence-corrected chi connectivity index (χ4v) is 4.88. The van der Waals surface area contributed by atoms with Crippen LogP contribution < -0.4 is 0 Å². The molecule has 32 heavy (non-hydrogen) atoms. The molecule has 1 atom stereocenters. The summed E-state index contributed by atoms with van der Waals surface area (Å²) in [6.07, 6.45) is 1.67. The normalized spacial score (nSPS) is 12.3. The van der Waals surface area contributed by atoms with Crippen molar-refractivity contribution >= 4 is 16.0 Å². The summed E-state index contributed by atoms with van der Waals surface area (Å²) in [5, 5.41) is 0. The van der Waals surface area contributed by atoms with Gasteiger partial charge >= 0.3 is 5.97 Å². The van der Waals surface area contributed by atoms with E-state index >= 15 is 0 Å². The van der Waals surface area contributed by atoms with Gasteiger partial charge in [-0.25, -0.2) is 8.42 Å². The molecule has 0 aliphatic heterocycles. The van der Waals surface area contributed by atoms with E-state index in [1.54, 1.807) is 24.3 Å². The largest absolute Gasteiger partial charge is 0.460 e. The number of ether oxygens (including phenoxy) is 1. The molecule has 3 aromatic rings. The van der Waals surface area contributed by atoms with E-state index in [1.165, 1.54) is 10.4 Å². The standard InChI is InChI=1S/C26H27NO4S/c1-3-18-27(32(29,30)24-16-14-21(2)15-17-24)25(19-22-10-6-4-7-11-22)26(28)31-20-23-12-8-5-9-13-23/h3-17,25H,1,18-20H2,2H3. The Morgan fingerprint density at radius 2 is 1.50 bits per heavy atom. The maximum atomic E-state index is 13.5. The fraction of sp³-hybridized carbons (Fsp3) is 0.192. The van der Waals surface area contributed by atoms with Crippen LogP contribution in [0, 0.1) is 6.92 Å². The van der Waals surface area contributed by atoms with Crippen LogP contribution in [0.3, 0.4) is 0 Å². The van der Waals surface area contributed by atoms with Gasteiger partial charge in [-0.3, -0.25) is 4.79 Å². The molecule has 1 unspecified atom stereocenters. The van der Waals surface area contributed by atoms with E-state index in [0.717, 1.165) is 16.7 Å². The highest BCUT2D eigenvalue weighted by Crippen LogP contribution is 2.22. The van der Waals surface area contributed by atoms with E-state index in [2.05, 4.69) is 6.58 Å². The van der Waals surface area contributed by atoms with E-state index in [9.17, 15) is 13.2 Å². The molecule has 0 heterocycles. The molecule has 3 aromatic carbocycles. The van der Waals surface area contributed by atoms with Gasteiger partial charge in [0, 0.05) is 6.54 Å². The summed E-state index contributed by atoms with van der Waals surface area (Å²) < 4.78 is 33.8. The highest BCUT2D eigenvalue weighted by Gasteiger charge is 2.36. The highest BCUT2D eigenvalue weighted by atomic mass is 32.2. The molecule has 0 bridgehead atoms. The van der Waals surface area contributed by atoms with E-state index in [4.69, 9.17) is 4.74 Å². The van der Waals surface area contributed by atoms with Gasteiger partial charge in [0.05, 0.1) is 4.90 Å². The second-order valence-electron chi connectivity index (χ2n) is 7.48. The van der Waals surface area contributed by atoms with Crippen LogP contribution in [0.25, 0.3) is 0 Å². The Kier molecular flexibility index (Phi) is 7.98. The molecule has 3 rings (SSSR count). The van der Waals surface area contributed by atoms with Gasteiger partial charge in [-0.2, -0.15) is 4.31 Å². The number of benzene rings is 3. The van der Waals surface area contributed by atoms with Gasteiger partial charge in [0.2, 0.25) is 10.0 Å². The topological polar surface area (TPSA) is 63.7 Å². The molecule has 0 amide bonds. The second-order valence-corrected chi connectivity index (χ2v) is 9.37. The maximum Gasteiger partial charge on any atom is 0.325 e. The van der Waals surface area contributed by atoms with Crippen LogP contribution in [-0.2, 0) is 32.6 Å². The molecule has 0 aromatic heterocycles. The van der Waals surface area contributed by atoms with Crippen molar-refractivity contribution in [1.82, 2.24) is 4.31 Å². The Bertz CT molecular complexity index is 1130. The molecule has 0 saturated carbocycles. The van der Waals surface area contributed by atoms with Crippen LogP contribution in [0.4, 0.5) is 0 Å². The molecule has 0 radical (unpaired) electrons. The number of hydrogen-bond acceptors (Lipinski definition) is 4. The van der Waals surface area contributed by atoms with Crippen LogP contribution >= 0.6 is 0 Å². The zero-order valence-corrected chi connectivity index (χ0v) is 18.9. The molecule has 5 nitrogen and oxygen atoms in total. The number of hydrogen-bond donors (Lipinski definition) is 0. The zero-order valence-electron chi connectivity index (χ0n) is 18.1. The Labute approximate surface area is 190 Å². The SMILES string of the molecule is C=CCN(C(Cc1ccccc1)C(=O)OCc1ccccc1)S(=O)(=O)c1ccc(C)cc1. The van der Waals surface area contributed by atoms with E-state index in [-0.39, 0.29) is 24.5 Å². The van der Waals surface area contributed by atoms with Crippen molar-refractivity contribution in [2.24, 2.45) is 0 Å². The van der Waals surface area contributed by atoms with Crippen LogP contribution in [-0.4, -0.2) is 31.3 Å². The first kappa shape index (κ1) is 23.4. The van der Waals surface area contributed by atoms with E-state index in [0.29, 0.717) is 0 Å². The van der Waals surface area contributed by atoms with Crippen molar-refractivity contribution in [1.29, 1.82) is 0 Å². The van der Waals surface area contributed by atoms with Crippen molar-refractivity contribution in [3.63, 3.8) is 0 Å². The maximum absolute atomic E-state index is 13.5. The minimum Gasteiger partial charge on any atom is -0.460 e. The number of esters is 1. The summed E-state index contributed by atoms with van der Waals surface area (Å²) in [4.78, 5) is 13.3. The summed E-state index contributed by atoms with van der Waals surface area (Å²) in [7, 11) is -3.97. The Morgan fingerprint density at radius 1 is 0.938 bits per heavy atom. The molecule has 0 fully saturated rings. The van der Waals surface area contributed by atoms with Crippen molar-refractivity contribution < 1.29 is 17.9 Å². The minimum absolute atomic E-state index is 0.0197. The Balaban J connectivity index is 1.94. The van der Waals surface area contributed by atoms with Gasteiger partial charge < -0.3 is 4.74 Å². The monoisotopic (exact) mass is 449 g/mol. The Hall–Kier alpha value is -3.22. The Morgan fingerprint density at radius 3 is 2.06 bits per heavy atom. The molecule has 166 valence electrons. The lowest BCUT2D eigenvalue weighted by Crippen LogP contribution is -2.47. The lowest BCUT2D eigenvalue weighted by molar-refractivity contribution is -0.149. The highest BCUT2D eigenvalue weighted by molar-refractivity contribution is 7.89. The average molecular weight is 450 g/mol. The number of carbonyl (C=O) groups is 1. The van der Waals surface area contributed by atoms with Gasteiger partial charge in [0.1, 0.15) is 12.6 Å². The van der Waals surface area contributed by atoms with Crippen LogP contribution in [0.5, 0.6) is 0 Å². The third kappa shape index (κ3) is 5.93. The zero-order chi connectivity index (χ0) is 23.0. The predicted octanol–water partition coefficient (Wildman–Crippen LogP) is 4.53. The van der Waals surface area contributed by atoms with Crippen LogP contribution in [0.2, 0.25) is 0 Å². The molecule has 0 saturated heterocycles. The number of carbonyl (C=O) groups excluding carboxylic acids is 1. The van der Waals surface area contributed by atoms with Gasteiger partial charge in [0.25, 0.3) is 0 Å². The van der Waals surface area contributed by atoms with Gasteiger partial charge in [-0.05, 0) is 36.6 Å². The van der Waals surface area contributed by atoms with Crippen molar-refractivity contribution in [2.45, 2.75) is 30.9 Å². The van der Waals surface area contributed by atoms with Crippen LogP contribution in [0.1, 0.15) is 16.7 Å². The molecule has 0 aliphatic carbocycles. The number of aryl methyl sites for hydroxylation is 1. The van der Waals surface area contributed by atoms with E-state index in [1.807, 2.05) is 67.6 Å². The van der Waals surface area contributed by atoms with Gasteiger partial charge in [-0.1, -0.05) is 84.4 Å². The molecular formula is C26H27NO4S. The lowest BCUT2D eigenvalue weighted by atomic mass is 10.1. The summed E-state index contributed by atoms with van der Waals surface area (Å²) in [5.41, 5.74) is 2.61. The summed E-state index contributed by atoms with van der Waals surface area (Å²) in [5.74, 6) is -0.602. The lowest BCUT2D eigenvalue weighted by Gasteiger charge is -2.29. The fourth-order valence-electron chi connectivity index (χ4n) is 3.33. The third-order valence-electron chi connectivity index (χ3n) is 5.05. The van der Waals surface area contributed by atoms with E-state index < -0.39 is 22.0 Å². The van der Waals surface area contributed by atoms with Crippen molar-refractivity contribution in [2.75, 3.05) is 6.54 Å². The minimum atomic E-state index is -3.97. The predicted molar refractivity (Wildman–Crippen MR) is 125 cm³/mol. The number of sulfonamides is 1. The second kappa shape index (κ2) is 10.9. The average Bonchev–Trinajstić information content (AvgIpc) is 2.81. The van der Waals surface area contributed by atoms with Crippen LogP contribution in [0.15, 0.2) is 102 Å². The molecular weight excluding hydrogens is 422 g/mol.